The third-order valence-corrected chi connectivity index (χ3v) is 3.03. The smallest absolute Gasteiger partial charge is 0.250 e. The third-order valence-electron chi connectivity index (χ3n) is 2.13. The predicted octanol–water partition coefficient (Wildman–Crippen LogP) is 1.59. The Morgan fingerprint density at radius 2 is 2.38 bits per heavy atom. The van der Waals surface area contributed by atoms with Gasteiger partial charge in [-0.25, -0.2) is 4.98 Å². The molecule has 0 saturated carbocycles. The molecule has 1 heterocycles. The lowest BCUT2D eigenvalue weighted by molar-refractivity contribution is 0.1000. The minimum atomic E-state index is -0.449. The number of thioether (sulfide) groups is 1. The summed E-state index contributed by atoms with van der Waals surface area (Å²) in [6.07, 6.45) is 3.58. The maximum Gasteiger partial charge on any atom is 0.250 e. The number of carbonyl (C=O) groups is 1. The van der Waals surface area contributed by atoms with Gasteiger partial charge < -0.3 is 11.1 Å². The summed E-state index contributed by atoms with van der Waals surface area (Å²) >= 11 is 1.83. The number of nitrogens with two attached hydrogens (primary N) is 1. The molecule has 1 atom stereocenters. The highest BCUT2D eigenvalue weighted by Gasteiger charge is 2.03. The molecule has 1 unspecified atom stereocenters. The molecule has 5 heteroatoms. The van der Waals surface area contributed by atoms with Crippen LogP contribution in [0.3, 0.4) is 0 Å². The van der Waals surface area contributed by atoms with E-state index in [1.807, 2.05) is 11.8 Å². The Balaban J connectivity index is 2.46. The average Bonchev–Trinajstić information content (AvgIpc) is 2.27. The minimum absolute atomic E-state index is 0.433. The van der Waals surface area contributed by atoms with E-state index in [9.17, 15) is 4.79 Å². The minimum Gasteiger partial charge on any atom is -0.370 e. The number of hydrogen-bond acceptors (Lipinski definition) is 4. The fraction of sp³-hybridized carbons (Fsp3) is 0.455. The summed E-state index contributed by atoms with van der Waals surface area (Å²) < 4.78 is 0. The van der Waals surface area contributed by atoms with Gasteiger partial charge in [0.05, 0.1) is 5.56 Å². The Hall–Kier alpha value is -1.23. The fourth-order valence-electron chi connectivity index (χ4n) is 1.27. The average molecular weight is 239 g/mol. The molecule has 0 aromatic carbocycles. The van der Waals surface area contributed by atoms with E-state index in [-0.39, 0.29) is 0 Å². The monoisotopic (exact) mass is 239 g/mol. The second kappa shape index (κ2) is 6.37. The number of hydrogen-bond donors (Lipinski definition) is 2. The van der Waals surface area contributed by atoms with Crippen molar-refractivity contribution in [2.75, 3.05) is 23.9 Å². The first-order valence-electron chi connectivity index (χ1n) is 5.12. The molecule has 3 N–H and O–H groups in total. The molecule has 0 aliphatic heterocycles. The zero-order valence-electron chi connectivity index (χ0n) is 9.56. The molecule has 0 saturated heterocycles. The van der Waals surface area contributed by atoms with Gasteiger partial charge >= 0.3 is 0 Å². The zero-order chi connectivity index (χ0) is 12.0. The highest BCUT2D eigenvalue weighted by Crippen LogP contribution is 2.08. The molecule has 16 heavy (non-hydrogen) atoms. The Bertz CT molecular complexity index is 340. The van der Waals surface area contributed by atoms with E-state index >= 15 is 0 Å². The van der Waals surface area contributed by atoms with Gasteiger partial charge in [-0.2, -0.15) is 11.8 Å². The number of amides is 1. The maximum absolute atomic E-state index is 10.8. The van der Waals surface area contributed by atoms with Crippen molar-refractivity contribution in [2.45, 2.75) is 6.92 Å². The quantitative estimate of drug-likeness (QED) is 0.791. The first kappa shape index (κ1) is 12.8. The second-order valence-electron chi connectivity index (χ2n) is 3.74. The van der Waals surface area contributed by atoms with Gasteiger partial charge in [0.15, 0.2) is 0 Å². The second-order valence-corrected chi connectivity index (χ2v) is 4.65. The summed E-state index contributed by atoms with van der Waals surface area (Å²) in [4.78, 5) is 14.9. The normalized spacial score (nSPS) is 12.1. The van der Waals surface area contributed by atoms with Gasteiger partial charge in [-0.05, 0) is 30.1 Å². The first-order chi connectivity index (χ1) is 7.63. The van der Waals surface area contributed by atoms with Gasteiger partial charge in [0.25, 0.3) is 0 Å². The van der Waals surface area contributed by atoms with Gasteiger partial charge in [0.1, 0.15) is 5.82 Å². The summed E-state index contributed by atoms with van der Waals surface area (Å²) in [5.74, 6) is 2.03. The molecule has 0 spiro atoms. The van der Waals surface area contributed by atoms with E-state index < -0.39 is 5.91 Å². The summed E-state index contributed by atoms with van der Waals surface area (Å²) in [5.41, 5.74) is 5.56. The van der Waals surface area contributed by atoms with E-state index in [4.69, 9.17) is 5.73 Å². The van der Waals surface area contributed by atoms with E-state index in [0.717, 1.165) is 18.1 Å². The predicted molar refractivity (Wildman–Crippen MR) is 68.8 cm³/mol. The molecular weight excluding hydrogens is 222 g/mol. The molecule has 1 aromatic heterocycles. The van der Waals surface area contributed by atoms with Crippen LogP contribution in [0.15, 0.2) is 18.3 Å². The molecule has 1 aromatic rings. The van der Waals surface area contributed by atoms with Crippen molar-refractivity contribution in [2.24, 2.45) is 11.7 Å². The van der Waals surface area contributed by atoms with Crippen molar-refractivity contribution in [3.05, 3.63) is 23.9 Å². The Morgan fingerprint density at radius 1 is 1.62 bits per heavy atom. The summed E-state index contributed by atoms with van der Waals surface area (Å²) in [7, 11) is 0. The standard InChI is InChI=1S/C11H17N3OS/c1-8(7-16-2)5-13-10-4-3-9(6-14-10)11(12)15/h3-4,6,8H,5,7H2,1-2H3,(H2,12,15)(H,13,14). The van der Waals surface area contributed by atoms with Crippen molar-refractivity contribution in [3.63, 3.8) is 0 Å². The molecule has 0 aliphatic carbocycles. The van der Waals surface area contributed by atoms with Crippen LogP contribution < -0.4 is 11.1 Å². The topological polar surface area (TPSA) is 68.0 Å². The van der Waals surface area contributed by atoms with Crippen LogP contribution in [0.1, 0.15) is 17.3 Å². The molecule has 4 nitrogen and oxygen atoms in total. The third kappa shape index (κ3) is 4.10. The number of anilines is 1. The van der Waals surface area contributed by atoms with Crippen LogP contribution in [0.25, 0.3) is 0 Å². The number of primary amides is 1. The number of pyridine rings is 1. The van der Waals surface area contributed by atoms with Crippen molar-refractivity contribution >= 4 is 23.5 Å². The van der Waals surface area contributed by atoms with E-state index in [2.05, 4.69) is 23.5 Å². The first-order valence-corrected chi connectivity index (χ1v) is 6.51. The van der Waals surface area contributed by atoms with Crippen molar-refractivity contribution in [1.82, 2.24) is 4.98 Å². The lowest BCUT2D eigenvalue weighted by atomic mass is 10.2. The van der Waals surface area contributed by atoms with Gasteiger partial charge in [0, 0.05) is 12.7 Å². The highest BCUT2D eigenvalue weighted by atomic mass is 32.2. The van der Waals surface area contributed by atoms with Crippen molar-refractivity contribution < 1.29 is 4.79 Å². The van der Waals surface area contributed by atoms with Crippen LogP contribution in [-0.2, 0) is 0 Å². The zero-order valence-corrected chi connectivity index (χ0v) is 10.4. The van der Waals surface area contributed by atoms with E-state index in [1.165, 1.54) is 6.20 Å². The number of nitrogens with zero attached hydrogens (tertiary/aromatic N) is 1. The summed E-state index contributed by atoms with van der Waals surface area (Å²) in [5, 5.41) is 3.22. The number of carbonyl (C=O) groups excluding carboxylic acids is 1. The molecule has 0 aliphatic rings. The maximum atomic E-state index is 10.8. The van der Waals surface area contributed by atoms with Crippen molar-refractivity contribution in [3.8, 4) is 0 Å². The molecule has 0 bridgehead atoms. The largest absolute Gasteiger partial charge is 0.370 e. The van der Waals surface area contributed by atoms with Crippen LogP contribution in [0.2, 0.25) is 0 Å². The van der Waals surface area contributed by atoms with Crippen LogP contribution in [0.5, 0.6) is 0 Å². The van der Waals surface area contributed by atoms with Gasteiger partial charge in [-0.3, -0.25) is 4.79 Å². The van der Waals surface area contributed by atoms with E-state index in [1.54, 1.807) is 12.1 Å². The number of rotatable bonds is 6. The fourth-order valence-corrected chi connectivity index (χ4v) is 1.95. The summed E-state index contributed by atoms with van der Waals surface area (Å²) in [6.45, 7) is 3.06. The van der Waals surface area contributed by atoms with Crippen LogP contribution in [-0.4, -0.2) is 29.4 Å². The Labute approximate surface area is 100 Å². The molecular formula is C11H17N3OS. The van der Waals surface area contributed by atoms with Gasteiger partial charge in [-0.1, -0.05) is 6.92 Å². The number of aromatic nitrogens is 1. The highest BCUT2D eigenvalue weighted by molar-refractivity contribution is 7.98. The van der Waals surface area contributed by atoms with Crippen LogP contribution >= 0.6 is 11.8 Å². The van der Waals surface area contributed by atoms with Crippen molar-refractivity contribution in [1.29, 1.82) is 0 Å². The lowest BCUT2D eigenvalue weighted by Crippen LogP contribution is -2.15. The Morgan fingerprint density at radius 3 is 2.88 bits per heavy atom. The van der Waals surface area contributed by atoms with Crippen LogP contribution in [0.4, 0.5) is 5.82 Å². The molecule has 1 amide bonds. The Kier molecular flexibility index (Phi) is 5.11. The molecule has 1 rings (SSSR count). The lowest BCUT2D eigenvalue weighted by Gasteiger charge is -2.11. The van der Waals surface area contributed by atoms with Gasteiger partial charge in [0.2, 0.25) is 5.91 Å². The molecule has 0 fully saturated rings. The van der Waals surface area contributed by atoms with E-state index in [0.29, 0.717) is 11.5 Å². The molecule has 0 radical (unpaired) electrons. The number of nitrogens with one attached hydrogen (secondary N) is 1. The summed E-state index contributed by atoms with van der Waals surface area (Å²) in [6, 6.07) is 3.45. The SMILES string of the molecule is CSCC(C)CNc1ccc(C(N)=O)cn1. The van der Waals surface area contributed by atoms with Gasteiger partial charge in [-0.15, -0.1) is 0 Å². The molecule has 88 valence electrons. The van der Waals surface area contributed by atoms with Crippen LogP contribution in [0, 0.1) is 5.92 Å².